The molecular formula is C13H17N3S. The molecule has 0 radical (unpaired) electrons. The Morgan fingerprint density at radius 3 is 2.65 bits per heavy atom. The minimum atomic E-state index is 0.268. The first-order valence-corrected chi connectivity index (χ1v) is 6.57. The van der Waals surface area contributed by atoms with E-state index in [9.17, 15) is 0 Å². The Hall–Kier alpha value is -1.26. The van der Waals surface area contributed by atoms with Gasteiger partial charge in [-0.05, 0) is 32.4 Å². The van der Waals surface area contributed by atoms with Gasteiger partial charge in [0.1, 0.15) is 5.01 Å². The number of hydrogen-bond donors (Lipinski definition) is 1. The van der Waals surface area contributed by atoms with Crippen molar-refractivity contribution >= 4 is 11.3 Å². The molecule has 3 nitrogen and oxygen atoms in total. The summed E-state index contributed by atoms with van der Waals surface area (Å²) in [6.45, 7) is 6.37. The summed E-state index contributed by atoms with van der Waals surface area (Å²) in [5.74, 6) is 0. The van der Waals surface area contributed by atoms with E-state index in [1.54, 1.807) is 17.5 Å². The molecule has 2 heterocycles. The Morgan fingerprint density at radius 1 is 1.24 bits per heavy atom. The van der Waals surface area contributed by atoms with E-state index in [1.807, 2.05) is 18.5 Å². The molecule has 17 heavy (non-hydrogen) atoms. The second kappa shape index (κ2) is 5.38. The number of aromatic nitrogens is 2. The molecule has 4 heteroatoms. The van der Waals surface area contributed by atoms with E-state index in [0.717, 1.165) is 5.01 Å². The molecule has 0 saturated carbocycles. The summed E-state index contributed by atoms with van der Waals surface area (Å²) in [5.41, 5.74) is 1.20. The van der Waals surface area contributed by atoms with Gasteiger partial charge in [0, 0.05) is 29.5 Å². The van der Waals surface area contributed by atoms with Gasteiger partial charge in [0.15, 0.2) is 0 Å². The number of thiazole rings is 1. The third kappa shape index (κ3) is 3.11. The highest BCUT2D eigenvalue weighted by Gasteiger charge is 2.13. The van der Waals surface area contributed by atoms with Crippen LogP contribution in [0.4, 0.5) is 0 Å². The largest absolute Gasteiger partial charge is 0.301 e. The van der Waals surface area contributed by atoms with E-state index in [2.05, 4.69) is 42.1 Å². The predicted octanol–water partition coefficient (Wildman–Crippen LogP) is 3.26. The smallest absolute Gasteiger partial charge is 0.109 e. The zero-order valence-electron chi connectivity index (χ0n) is 10.3. The molecule has 0 spiro atoms. The van der Waals surface area contributed by atoms with Crippen LogP contribution in [0.2, 0.25) is 0 Å². The van der Waals surface area contributed by atoms with Crippen molar-refractivity contribution in [2.24, 2.45) is 0 Å². The molecule has 2 aromatic heterocycles. The summed E-state index contributed by atoms with van der Waals surface area (Å²) >= 11 is 1.74. The van der Waals surface area contributed by atoms with Gasteiger partial charge in [0.05, 0.1) is 6.04 Å². The molecule has 0 aliphatic carbocycles. The van der Waals surface area contributed by atoms with E-state index >= 15 is 0 Å². The molecule has 90 valence electrons. The van der Waals surface area contributed by atoms with E-state index in [1.165, 1.54) is 10.4 Å². The Labute approximate surface area is 106 Å². The van der Waals surface area contributed by atoms with Gasteiger partial charge in [0.25, 0.3) is 0 Å². The van der Waals surface area contributed by atoms with Crippen molar-refractivity contribution in [2.45, 2.75) is 32.9 Å². The summed E-state index contributed by atoms with van der Waals surface area (Å²) in [7, 11) is 0. The summed E-state index contributed by atoms with van der Waals surface area (Å²) in [5, 5.41) is 4.67. The van der Waals surface area contributed by atoms with Crippen molar-refractivity contribution < 1.29 is 0 Å². The average molecular weight is 247 g/mol. The molecule has 2 atom stereocenters. The lowest BCUT2D eigenvalue weighted by molar-refractivity contribution is 0.492. The molecule has 0 amide bonds. The molecule has 0 fully saturated rings. The Balaban J connectivity index is 2.02. The first kappa shape index (κ1) is 12.2. The number of aryl methyl sites for hydroxylation is 1. The molecular weight excluding hydrogens is 230 g/mol. The van der Waals surface area contributed by atoms with Crippen molar-refractivity contribution in [3.8, 4) is 0 Å². The fraction of sp³-hybridized carbons (Fsp3) is 0.385. The first-order chi connectivity index (χ1) is 8.16. The van der Waals surface area contributed by atoms with Crippen LogP contribution in [0.25, 0.3) is 0 Å². The van der Waals surface area contributed by atoms with Gasteiger partial charge >= 0.3 is 0 Å². The van der Waals surface area contributed by atoms with Crippen LogP contribution in [-0.4, -0.2) is 9.97 Å². The number of pyridine rings is 1. The fourth-order valence-corrected chi connectivity index (χ4v) is 2.53. The molecule has 2 aromatic rings. The quantitative estimate of drug-likeness (QED) is 0.901. The third-order valence-corrected chi connectivity index (χ3v) is 3.79. The van der Waals surface area contributed by atoms with Crippen LogP contribution < -0.4 is 5.32 Å². The lowest BCUT2D eigenvalue weighted by atomic mass is 10.1. The van der Waals surface area contributed by atoms with E-state index in [0.29, 0.717) is 0 Å². The van der Waals surface area contributed by atoms with Crippen molar-refractivity contribution in [1.82, 2.24) is 15.3 Å². The summed E-state index contributed by atoms with van der Waals surface area (Å²) in [6.07, 6.45) is 5.62. The maximum Gasteiger partial charge on any atom is 0.109 e. The van der Waals surface area contributed by atoms with Gasteiger partial charge in [-0.1, -0.05) is 6.07 Å². The minimum Gasteiger partial charge on any atom is -0.301 e. The van der Waals surface area contributed by atoms with Gasteiger partial charge in [-0.3, -0.25) is 4.98 Å². The maximum absolute atomic E-state index is 4.40. The lowest BCUT2D eigenvalue weighted by Crippen LogP contribution is -2.22. The average Bonchev–Trinajstić information content (AvgIpc) is 2.77. The third-order valence-electron chi connectivity index (χ3n) is 2.69. The van der Waals surface area contributed by atoms with E-state index < -0.39 is 0 Å². The number of nitrogens with zero attached hydrogens (tertiary/aromatic N) is 2. The van der Waals surface area contributed by atoms with Crippen LogP contribution in [0.1, 0.15) is 41.4 Å². The predicted molar refractivity (Wildman–Crippen MR) is 71.1 cm³/mol. The molecule has 2 rings (SSSR count). The Morgan fingerprint density at radius 2 is 2.06 bits per heavy atom. The maximum atomic E-state index is 4.40. The second-order valence-corrected chi connectivity index (χ2v) is 5.47. The van der Waals surface area contributed by atoms with Gasteiger partial charge in [-0.25, -0.2) is 4.98 Å². The summed E-state index contributed by atoms with van der Waals surface area (Å²) in [6, 6.07) is 4.60. The van der Waals surface area contributed by atoms with Crippen molar-refractivity contribution in [3.63, 3.8) is 0 Å². The SMILES string of the molecule is Cc1cnc(C(C)NC(C)c2cccnc2)s1. The second-order valence-electron chi connectivity index (χ2n) is 4.21. The molecule has 1 N–H and O–H groups in total. The summed E-state index contributed by atoms with van der Waals surface area (Å²) in [4.78, 5) is 9.79. The molecule has 2 unspecified atom stereocenters. The van der Waals surface area contributed by atoms with Crippen molar-refractivity contribution in [2.75, 3.05) is 0 Å². The van der Waals surface area contributed by atoms with Gasteiger partial charge in [0.2, 0.25) is 0 Å². The van der Waals surface area contributed by atoms with Gasteiger partial charge in [-0.15, -0.1) is 11.3 Å². The Kier molecular flexibility index (Phi) is 3.86. The zero-order valence-corrected chi connectivity index (χ0v) is 11.2. The molecule has 0 aliphatic heterocycles. The molecule has 0 aromatic carbocycles. The van der Waals surface area contributed by atoms with Crippen molar-refractivity contribution in [1.29, 1.82) is 0 Å². The Bertz CT molecular complexity index is 467. The normalized spacial score (nSPS) is 14.5. The van der Waals surface area contributed by atoms with Crippen LogP contribution >= 0.6 is 11.3 Å². The minimum absolute atomic E-state index is 0.268. The van der Waals surface area contributed by atoms with E-state index in [4.69, 9.17) is 0 Å². The van der Waals surface area contributed by atoms with Crippen molar-refractivity contribution in [3.05, 3.63) is 46.2 Å². The zero-order chi connectivity index (χ0) is 12.3. The van der Waals surface area contributed by atoms with Crippen LogP contribution in [0, 0.1) is 6.92 Å². The van der Waals surface area contributed by atoms with Crippen LogP contribution in [-0.2, 0) is 0 Å². The van der Waals surface area contributed by atoms with Crippen LogP contribution in [0.15, 0.2) is 30.7 Å². The number of nitrogens with one attached hydrogen (secondary N) is 1. The highest BCUT2D eigenvalue weighted by atomic mass is 32.1. The highest BCUT2D eigenvalue weighted by molar-refractivity contribution is 7.11. The topological polar surface area (TPSA) is 37.8 Å². The monoisotopic (exact) mass is 247 g/mol. The highest BCUT2D eigenvalue weighted by Crippen LogP contribution is 2.22. The van der Waals surface area contributed by atoms with Gasteiger partial charge < -0.3 is 5.32 Å². The number of rotatable bonds is 4. The molecule has 0 bridgehead atoms. The first-order valence-electron chi connectivity index (χ1n) is 5.75. The molecule has 0 saturated heterocycles. The van der Waals surface area contributed by atoms with E-state index in [-0.39, 0.29) is 12.1 Å². The summed E-state index contributed by atoms with van der Waals surface area (Å²) < 4.78 is 0. The molecule has 0 aliphatic rings. The van der Waals surface area contributed by atoms with Gasteiger partial charge in [-0.2, -0.15) is 0 Å². The lowest BCUT2D eigenvalue weighted by Gasteiger charge is -2.18. The number of hydrogen-bond acceptors (Lipinski definition) is 4. The van der Waals surface area contributed by atoms with Crippen LogP contribution in [0.3, 0.4) is 0 Å². The standard InChI is InChI=1S/C13H17N3S/c1-9-7-15-13(17-9)11(3)16-10(2)12-5-4-6-14-8-12/h4-8,10-11,16H,1-3H3. The fourth-order valence-electron chi connectivity index (χ4n) is 1.75. The van der Waals surface area contributed by atoms with Crippen LogP contribution in [0.5, 0.6) is 0 Å².